The maximum atomic E-state index is 13.2. The van der Waals surface area contributed by atoms with E-state index in [-0.39, 0.29) is 0 Å². The monoisotopic (exact) mass is 354 g/mol. The molecule has 0 aromatic carbocycles. The van der Waals surface area contributed by atoms with Crippen LogP contribution in [0.4, 0.5) is 0 Å². The van der Waals surface area contributed by atoms with Gasteiger partial charge in [-0.2, -0.15) is 4.31 Å². The predicted molar refractivity (Wildman–Crippen MR) is 91.2 cm³/mol. The van der Waals surface area contributed by atoms with Gasteiger partial charge in [0.1, 0.15) is 4.90 Å². The fourth-order valence-corrected chi connectivity index (χ4v) is 6.38. The molecule has 2 aromatic rings. The Morgan fingerprint density at radius 2 is 1.87 bits per heavy atom. The minimum Gasteiger partial charge on any atom is -0.356 e. The lowest BCUT2D eigenvalue weighted by Crippen LogP contribution is -2.38. The van der Waals surface area contributed by atoms with Crippen LogP contribution in [0.3, 0.4) is 0 Å². The molecule has 1 aliphatic rings. The Bertz CT molecular complexity index is 812. The molecule has 0 saturated carbocycles. The van der Waals surface area contributed by atoms with E-state index in [1.165, 1.54) is 11.3 Å². The van der Waals surface area contributed by atoms with Gasteiger partial charge in [0.05, 0.1) is 11.3 Å². The van der Waals surface area contributed by atoms with Crippen molar-refractivity contribution in [3.8, 4) is 11.3 Å². The Labute approximate surface area is 141 Å². The first-order chi connectivity index (χ1) is 10.8. The number of aromatic nitrogens is 1. The zero-order chi connectivity index (χ0) is 16.8. The second kappa shape index (κ2) is 6.03. The van der Waals surface area contributed by atoms with Crippen molar-refractivity contribution in [3.63, 3.8) is 0 Å². The first-order valence-corrected chi connectivity index (χ1v) is 10.1. The van der Waals surface area contributed by atoms with Gasteiger partial charge < -0.3 is 4.52 Å². The Morgan fingerprint density at radius 1 is 1.22 bits per heavy atom. The van der Waals surface area contributed by atoms with E-state index in [1.807, 2.05) is 20.8 Å². The second-order valence-electron chi connectivity index (χ2n) is 6.34. The number of aryl methyl sites for hydroxylation is 3. The molecular weight excluding hydrogens is 332 g/mol. The van der Waals surface area contributed by atoms with Gasteiger partial charge in [0.15, 0.2) is 5.76 Å². The summed E-state index contributed by atoms with van der Waals surface area (Å²) in [5.74, 6) is 1.12. The van der Waals surface area contributed by atoms with Crippen LogP contribution in [0.2, 0.25) is 0 Å². The van der Waals surface area contributed by atoms with Crippen LogP contribution in [0.1, 0.15) is 35.2 Å². The summed E-state index contributed by atoms with van der Waals surface area (Å²) in [6.07, 6.45) is 1.83. The normalized spacial score (nSPS) is 17.7. The molecule has 0 amide bonds. The highest BCUT2D eigenvalue weighted by atomic mass is 32.2. The van der Waals surface area contributed by atoms with Gasteiger partial charge in [-0.1, -0.05) is 12.1 Å². The molecule has 0 bridgehead atoms. The number of thiophene rings is 1. The Balaban J connectivity index is 2.09. The third-order valence-electron chi connectivity index (χ3n) is 4.42. The van der Waals surface area contributed by atoms with E-state index in [2.05, 4.69) is 12.1 Å². The predicted octanol–water partition coefficient (Wildman–Crippen LogP) is 3.75. The molecule has 0 unspecified atom stereocenters. The van der Waals surface area contributed by atoms with Gasteiger partial charge >= 0.3 is 0 Å². The molecule has 1 aliphatic heterocycles. The van der Waals surface area contributed by atoms with Crippen molar-refractivity contribution >= 4 is 21.4 Å². The first-order valence-electron chi connectivity index (χ1n) is 7.84. The molecule has 23 heavy (non-hydrogen) atoms. The number of rotatable bonds is 3. The van der Waals surface area contributed by atoms with Crippen LogP contribution in [0.25, 0.3) is 11.3 Å². The van der Waals surface area contributed by atoms with Crippen LogP contribution in [0.5, 0.6) is 0 Å². The molecule has 0 radical (unpaired) electrons. The molecule has 3 heterocycles. The zero-order valence-electron chi connectivity index (χ0n) is 13.9. The van der Waals surface area contributed by atoms with Crippen LogP contribution >= 0.6 is 11.3 Å². The highest BCUT2D eigenvalue weighted by molar-refractivity contribution is 7.89. The summed E-state index contributed by atoms with van der Waals surface area (Å²) >= 11 is 1.50. The maximum absolute atomic E-state index is 13.2. The van der Waals surface area contributed by atoms with E-state index in [1.54, 1.807) is 10.4 Å². The van der Waals surface area contributed by atoms with E-state index in [9.17, 15) is 8.42 Å². The highest BCUT2D eigenvalue weighted by Gasteiger charge is 2.34. The standard InChI is InChI=1S/C16H22N2O3S2/c1-10-5-7-18(8-6-10)23(19,20)16-13(4)22-12(3)15(16)14-9-11(2)17-21-14/h9-10H,5-8H2,1-4H3. The first kappa shape index (κ1) is 16.7. The fourth-order valence-electron chi connectivity index (χ4n) is 3.09. The molecule has 5 nitrogen and oxygen atoms in total. The molecule has 1 fully saturated rings. The lowest BCUT2D eigenvalue weighted by Gasteiger charge is -2.29. The Kier molecular flexibility index (Phi) is 4.37. The van der Waals surface area contributed by atoms with Gasteiger partial charge in [-0.25, -0.2) is 8.42 Å². The second-order valence-corrected chi connectivity index (χ2v) is 9.64. The third-order valence-corrected chi connectivity index (χ3v) is 7.64. The molecule has 0 spiro atoms. The molecular formula is C16H22N2O3S2. The number of sulfonamides is 1. The van der Waals surface area contributed by atoms with E-state index < -0.39 is 10.0 Å². The average molecular weight is 354 g/mol. The molecule has 0 aliphatic carbocycles. The highest BCUT2D eigenvalue weighted by Crippen LogP contribution is 2.41. The van der Waals surface area contributed by atoms with Gasteiger partial charge in [0, 0.05) is 28.9 Å². The number of hydrogen-bond donors (Lipinski definition) is 0. The lowest BCUT2D eigenvalue weighted by atomic mass is 10.0. The Morgan fingerprint density at radius 3 is 2.43 bits per heavy atom. The topological polar surface area (TPSA) is 63.4 Å². The van der Waals surface area contributed by atoms with Crippen molar-refractivity contribution in [3.05, 3.63) is 21.5 Å². The SMILES string of the molecule is Cc1cc(-c2c(C)sc(C)c2S(=O)(=O)N2CCC(C)CC2)on1. The fraction of sp³-hybridized carbons (Fsp3) is 0.562. The van der Waals surface area contributed by atoms with Crippen molar-refractivity contribution in [2.75, 3.05) is 13.1 Å². The average Bonchev–Trinajstić information content (AvgIpc) is 3.02. The largest absolute Gasteiger partial charge is 0.356 e. The van der Waals surface area contributed by atoms with Crippen molar-refractivity contribution < 1.29 is 12.9 Å². The molecule has 0 N–H and O–H groups in total. The molecule has 7 heteroatoms. The van der Waals surface area contributed by atoms with E-state index in [0.29, 0.717) is 35.2 Å². The molecule has 1 saturated heterocycles. The van der Waals surface area contributed by atoms with Crippen LogP contribution in [0.15, 0.2) is 15.5 Å². The van der Waals surface area contributed by atoms with Crippen molar-refractivity contribution in [1.29, 1.82) is 0 Å². The van der Waals surface area contributed by atoms with Gasteiger partial charge in [0.2, 0.25) is 10.0 Å². The summed E-state index contributed by atoms with van der Waals surface area (Å²) in [6, 6.07) is 1.80. The van der Waals surface area contributed by atoms with Crippen LogP contribution < -0.4 is 0 Å². The molecule has 126 valence electrons. The summed E-state index contributed by atoms with van der Waals surface area (Å²) in [5.41, 5.74) is 1.42. The Hall–Kier alpha value is -1.18. The maximum Gasteiger partial charge on any atom is 0.244 e. The molecule has 2 aromatic heterocycles. The minimum absolute atomic E-state index is 0.394. The number of hydrogen-bond acceptors (Lipinski definition) is 5. The van der Waals surface area contributed by atoms with Crippen molar-refractivity contribution in [2.24, 2.45) is 5.92 Å². The van der Waals surface area contributed by atoms with Crippen LogP contribution in [-0.4, -0.2) is 31.0 Å². The van der Waals surface area contributed by atoms with Gasteiger partial charge in [-0.3, -0.25) is 0 Å². The summed E-state index contributed by atoms with van der Waals surface area (Å²) < 4.78 is 33.4. The number of nitrogens with zero attached hydrogens (tertiary/aromatic N) is 2. The van der Waals surface area contributed by atoms with Crippen molar-refractivity contribution in [1.82, 2.24) is 9.46 Å². The van der Waals surface area contributed by atoms with Gasteiger partial charge in [0.25, 0.3) is 0 Å². The van der Waals surface area contributed by atoms with Gasteiger partial charge in [-0.15, -0.1) is 11.3 Å². The quantitative estimate of drug-likeness (QED) is 0.842. The summed E-state index contributed by atoms with van der Waals surface area (Å²) in [7, 11) is -3.51. The smallest absolute Gasteiger partial charge is 0.244 e. The van der Waals surface area contributed by atoms with Crippen LogP contribution in [0, 0.1) is 26.7 Å². The molecule has 3 rings (SSSR count). The van der Waals surface area contributed by atoms with E-state index >= 15 is 0 Å². The molecule has 0 atom stereocenters. The number of piperidine rings is 1. The summed E-state index contributed by atoms with van der Waals surface area (Å²) in [6.45, 7) is 8.99. The van der Waals surface area contributed by atoms with E-state index in [4.69, 9.17) is 4.52 Å². The van der Waals surface area contributed by atoms with E-state index in [0.717, 1.165) is 28.3 Å². The lowest BCUT2D eigenvalue weighted by molar-refractivity contribution is 0.288. The van der Waals surface area contributed by atoms with Crippen LogP contribution in [-0.2, 0) is 10.0 Å². The minimum atomic E-state index is -3.51. The zero-order valence-corrected chi connectivity index (χ0v) is 15.6. The summed E-state index contributed by atoms with van der Waals surface area (Å²) in [4.78, 5) is 2.15. The third kappa shape index (κ3) is 2.97. The van der Waals surface area contributed by atoms with Gasteiger partial charge in [-0.05, 0) is 39.5 Å². The van der Waals surface area contributed by atoms with Crippen molar-refractivity contribution in [2.45, 2.75) is 45.4 Å². The summed E-state index contributed by atoms with van der Waals surface area (Å²) in [5, 5.41) is 3.91.